The molecule has 1 atom stereocenters. The minimum absolute atomic E-state index is 0.104. The van der Waals surface area contributed by atoms with Crippen molar-refractivity contribution in [3.63, 3.8) is 0 Å². The number of rotatable bonds is 3. The van der Waals surface area contributed by atoms with Crippen molar-refractivity contribution in [2.75, 3.05) is 5.32 Å². The van der Waals surface area contributed by atoms with E-state index in [1.165, 1.54) is 6.07 Å². The van der Waals surface area contributed by atoms with Crippen molar-refractivity contribution in [3.05, 3.63) is 61.8 Å². The molecule has 0 radical (unpaired) electrons. The Bertz CT molecular complexity index is 617. The van der Waals surface area contributed by atoms with E-state index in [0.29, 0.717) is 5.56 Å². The molecule has 2 aromatic carbocycles. The van der Waals surface area contributed by atoms with Crippen molar-refractivity contribution in [1.29, 1.82) is 0 Å². The van der Waals surface area contributed by atoms with Crippen LogP contribution in [0.15, 0.2) is 39.3 Å². The highest BCUT2D eigenvalue weighted by Gasteiger charge is 2.12. The second-order valence-corrected chi connectivity index (χ2v) is 6.66. The van der Waals surface area contributed by atoms with Crippen LogP contribution in [-0.4, -0.2) is 0 Å². The summed E-state index contributed by atoms with van der Waals surface area (Å²) in [4.78, 5) is 0. The number of halogens is 3. The van der Waals surface area contributed by atoms with Crippen molar-refractivity contribution in [3.8, 4) is 0 Å². The monoisotopic (exact) mass is 399 g/mol. The van der Waals surface area contributed by atoms with Crippen LogP contribution < -0.4 is 5.32 Å². The first kappa shape index (κ1) is 15.5. The van der Waals surface area contributed by atoms with E-state index in [1.54, 1.807) is 6.07 Å². The predicted molar refractivity (Wildman–Crippen MR) is 89.8 cm³/mol. The van der Waals surface area contributed by atoms with Gasteiger partial charge in [-0.3, -0.25) is 0 Å². The molecule has 0 bridgehead atoms. The van der Waals surface area contributed by atoms with Gasteiger partial charge in [0.1, 0.15) is 5.82 Å². The highest BCUT2D eigenvalue weighted by molar-refractivity contribution is 9.10. The van der Waals surface area contributed by atoms with Gasteiger partial charge >= 0.3 is 0 Å². The molecule has 0 fully saturated rings. The van der Waals surface area contributed by atoms with Crippen molar-refractivity contribution >= 4 is 37.5 Å². The first-order chi connectivity index (χ1) is 9.38. The average Bonchev–Trinajstić information content (AvgIpc) is 2.38. The molecule has 0 aliphatic rings. The van der Waals surface area contributed by atoms with Gasteiger partial charge in [0, 0.05) is 20.2 Å². The smallest absolute Gasteiger partial charge is 0.128 e. The average molecular weight is 401 g/mol. The van der Waals surface area contributed by atoms with Crippen LogP contribution in [0, 0.1) is 19.7 Å². The summed E-state index contributed by atoms with van der Waals surface area (Å²) < 4.78 is 15.9. The highest BCUT2D eigenvalue weighted by Crippen LogP contribution is 2.29. The summed E-state index contributed by atoms with van der Waals surface area (Å²) in [5, 5.41) is 3.35. The molecule has 1 nitrogen and oxygen atoms in total. The van der Waals surface area contributed by atoms with Crippen molar-refractivity contribution in [2.24, 2.45) is 0 Å². The van der Waals surface area contributed by atoms with E-state index in [-0.39, 0.29) is 11.9 Å². The van der Waals surface area contributed by atoms with E-state index in [2.05, 4.69) is 49.3 Å². The Hall–Kier alpha value is -0.870. The Balaban J connectivity index is 2.27. The standard InChI is InChI=1S/C16H16Br2FN/c1-9-6-13(7-10(2)16(9)18)20-11(3)14-8-12(17)4-5-15(14)19/h4-8,11,20H,1-3H3. The molecule has 1 N–H and O–H groups in total. The summed E-state index contributed by atoms with van der Waals surface area (Å²) in [6, 6.07) is 9.01. The van der Waals surface area contributed by atoms with Gasteiger partial charge in [-0.2, -0.15) is 0 Å². The quantitative estimate of drug-likeness (QED) is 0.652. The number of aryl methyl sites for hydroxylation is 2. The molecule has 1 unspecified atom stereocenters. The van der Waals surface area contributed by atoms with Gasteiger partial charge in [0.05, 0.1) is 6.04 Å². The molecule has 4 heteroatoms. The SMILES string of the molecule is Cc1cc(NC(C)c2cc(Br)ccc2F)cc(C)c1Br. The van der Waals surface area contributed by atoms with Crippen LogP contribution in [0.2, 0.25) is 0 Å². The van der Waals surface area contributed by atoms with Crippen LogP contribution in [-0.2, 0) is 0 Å². The maximum atomic E-state index is 13.9. The van der Waals surface area contributed by atoms with E-state index < -0.39 is 0 Å². The van der Waals surface area contributed by atoms with Crippen LogP contribution >= 0.6 is 31.9 Å². The third kappa shape index (κ3) is 3.41. The number of anilines is 1. The molecule has 0 heterocycles. The summed E-state index contributed by atoms with van der Waals surface area (Å²) in [6.07, 6.45) is 0. The first-order valence-electron chi connectivity index (χ1n) is 6.36. The van der Waals surface area contributed by atoms with Crippen molar-refractivity contribution in [2.45, 2.75) is 26.8 Å². The van der Waals surface area contributed by atoms with Gasteiger partial charge in [0.15, 0.2) is 0 Å². The van der Waals surface area contributed by atoms with Crippen LogP contribution in [0.1, 0.15) is 29.7 Å². The summed E-state index contributed by atoms with van der Waals surface area (Å²) >= 11 is 6.93. The fraction of sp³-hybridized carbons (Fsp3) is 0.250. The maximum absolute atomic E-state index is 13.9. The molecule has 0 saturated heterocycles. The molecule has 0 amide bonds. The molecule has 2 aromatic rings. The van der Waals surface area contributed by atoms with Crippen molar-refractivity contribution < 1.29 is 4.39 Å². The molecule has 0 aromatic heterocycles. The molecule has 106 valence electrons. The van der Waals surface area contributed by atoms with E-state index in [1.807, 2.05) is 26.8 Å². The molecular formula is C16H16Br2FN. The van der Waals surface area contributed by atoms with Gasteiger partial charge in [0.2, 0.25) is 0 Å². The Morgan fingerprint density at radius 1 is 1.05 bits per heavy atom. The van der Waals surface area contributed by atoms with Gasteiger partial charge in [-0.15, -0.1) is 0 Å². The van der Waals surface area contributed by atoms with Gasteiger partial charge in [-0.05, 0) is 62.2 Å². The molecule has 20 heavy (non-hydrogen) atoms. The van der Waals surface area contributed by atoms with Crippen LogP contribution in [0.25, 0.3) is 0 Å². The van der Waals surface area contributed by atoms with Gasteiger partial charge in [-0.25, -0.2) is 4.39 Å². The topological polar surface area (TPSA) is 12.0 Å². The van der Waals surface area contributed by atoms with E-state index in [0.717, 1.165) is 25.8 Å². The van der Waals surface area contributed by atoms with Gasteiger partial charge in [0.25, 0.3) is 0 Å². The minimum Gasteiger partial charge on any atom is -0.378 e. The highest BCUT2D eigenvalue weighted by atomic mass is 79.9. The zero-order chi connectivity index (χ0) is 14.9. The van der Waals surface area contributed by atoms with Crippen LogP contribution in [0.5, 0.6) is 0 Å². The molecule has 0 spiro atoms. The lowest BCUT2D eigenvalue weighted by Crippen LogP contribution is -2.09. The fourth-order valence-corrected chi connectivity index (χ4v) is 2.81. The summed E-state index contributed by atoms with van der Waals surface area (Å²) in [5.74, 6) is -0.196. The second-order valence-electron chi connectivity index (χ2n) is 4.96. The zero-order valence-electron chi connectivity index (χ0n) is 11.6. The summed E-state index contributed by atoms with van der Waals surface area (Å²) in [7, 11) is 0. The summed E-state index contributed by atoms with van der Waals surface area (Å²) in [6.45, 7) is 6.05. The minimum atomic E-state index is -0.196. The van der Waals surface area contributed by atoms with E-state index in [4.69, 9.17) is 0 Å². The Morgan fingerprint density at radius 2 is 1.65 bits per heavy atom. The summed E-state index contributed by atoms with van der Waals surface area (Å²) in [5.41, 5.74) is 3.97. The third-order valence-electron chi connectivity index (χ3n) is 3.24. The fourth-order valence-electron chi connectivity index (χ4n) is 2.20. The van der Waals surface area contributed by atoms with Gasteiger partial charge < -0.3 is 5.32 Å². The maximum Gasteiger partial charge on any atom is 0.128 e. The molecular weight excluding hydrogens is 385 g/mol. The normalized spacial score (nSPS) is 12.3. The Labute approximate surface area is 135 Å². The van der Waals surface area contributed by atoms with E-state index >= 15 is 0 Å². The number of nitrogens with one attached hydrogen (secondary N) is 1. The lowest BCUT2D eigenvalue weighted by Gasteiger charge is -2.18. The molecule has 0 saturated carbocycles. The second kappa shape index (κ2) is 6.27. The zero-order valence-corrected chi connectivity index (χ0v) is 14.8. The largest absolute Gasteiger partial charge is 0.378 e. The lowest BCUT2D eigenvalue weighted by molar-refractivity contribution is 0.600. The van der Waals surface area contributed by atoms with Gasteiger partial charge in [-0.1, -0.05) is 31.9 Å². The number of benzene rings is 2. The predicted octanol–water partition coefficient (Wildman–Crippen LogP) is 6.14. The third-order valence-corrected chi connectivity index (χ3v) is 4.99. The number of hydrogen-bond donors (Lipinski definition) is 1. The van der Waals surface area contributed by atoms with Crippen LogP contribution in [0.4, 0.5) is 10.1 Å². The Kier molecular flexibility index (Phi) is 4.86. The van der Waals surface area contributed by atoms with Crippen molar-refractivity contribution in [1.82, 2.24) is 0 Å². The lowest BCUT2D eigenvalue weighted by atomic mass is 10.1. The first-order valence-corrected chi connectivity index (χ1v) is 7.95. The van der Waals surface area contributed by atoms with Crippen LogP contribution in [0.3, 0.4) is 0 Å². The molecule has 2 rings (SSSR count). The molecule has 0 aliphatic carbocycles. The number of hydrogen-bond acceptors (Lipinski definition) is 1. The van der Waals surface area contributed by atoms with E-state index in [9.17, 15) is 4.39 Å². The molecule has 0 aliphatic heterocycles. The Morgan fingerprint density at radius 3 is 2.25 bits per heavy atom.